The molecule has 2 fully saturated rings. The van der Waals surface area contributed by atoms with E-state index in [1.165, 1.54) is 0 Å². The summed E-state index contributed by atoms with van der Waals surface area (Å²) >= 11 is 0. The number of hydrogen-bond donors (Lipinski definition) is 1. The summed E-state index contributed by atoms with van der Waals surface area (Å²) in [5, 5.41) is 8.91. The molecule has 1 aliphatic carbocycles. The topological polar surface area (TPSA) is 32.8 Å². The van der Waals surface area contributed by atoms with Crippen LogP contribution in [-0.4, -0.2) is 23.4 Å². The van der Waals surface area contributed by atoms with Crippen molar-refractivity contribution in [1.82, 2.24) is 0 Å². The van der Waals surface area contributed by atoms with Gasteiger partial charge in [0, 0.05) is 0 Å². The minimum absolute atomic E-state index is 0.134. The summed E-state index contributed by atoms with van der Waals surface area (Å²) in [6.45, 7) is 0. The van der Waals surface area contributed by atoms with Crippen molar-refractivity contribution in [2.24, 2.45) is 0 Å². The summed E-state index contributed by atoms with van der Waals surface area (Å²) in [6, 6.07) is 0. The first kappa shape index (κ1) is 3.87. The third-order valence-corrected chi connectivity index (χ3v) is 1.75. The Morgan fingerprint density at radius 2 is 2.29 bits per heavy atom. The molecule has 1 saturated carbocycles. The number of epoxide rings is 1. The van der Waals surface area contributed by atoms with Crippen LogP contribution in [0.15, 0.2) is 0 Å². The maximum atomic E-state index is 8.91. The number of fused-ring (bicyclic) bond motifs is 1. The molecule has 1 heterocycles. The predicted octanol–water partition coefficient (Wildman–Crippen LogP) is -0.0915. The van der Waals surface area contributed by atoms with E-state index < -0.39 is 0 Å². The summed E-state index contributed by atoms with van der Waals surface area (Å²) in [5.41, 5.74) is 0. The fourth-order valence-electron chi connectivity index (χ4n) is 1.23. The molecule has 2 nitrogen and oxygen atoms in total. The van der Waals surface area contributed by atoms with E-state index in [0.29, 0.717) is 6.10 Å². The molecule has 0 aromatic heterocycles. The van der Waals surface area contributed by atoms with Crippen molar-refractivity contribution in [1.29, 1.82) is 0 Å². The fourth-order valence-corrected chi connectivity index (χ4v) is 1.23. The lowest BCUT2D eigenvalue weighted by Gasteiger charge is -1.96. The quantitative estimate of drug-likeness (QED) is 0.431. The second-order valence-electron chi connectivity index (χ2n) is 2.28. The van der Waals surface area contributed by atoms with Gasteiger partial charge in [-0.3, -0.25) is 0 Å². The van der Waals surface area contributed by atoms with Crippen LogP contribution in [0, 0.1) is 0 Å². The third-order valence-electron chi connectivity index (χ3n) is 1.75. The normalized spacial score (nSPS) is 57.0. The van der Waals surface area contributed by atoms with Crippen molar-refractivity contribution >= 4 is 0 Å². The second-order valence-corrected chi connectivity index (χ2v) is 2.28. The lowest BCUT2D eigenvalue weighted by molar-refractivity contribution is 0.119. The van der Waals surface area contributed by atoms with Gasteiger partial charge in [-0.25, -0.2) is 0 Å². The van der Waals surface area contributed by atoms with Gasteiger partial charge in [-0.1, -0.05) is 0 Å². The molecule has 0 radical (unpaired) electrons. The Hall–Kier alpha value is -0.0800. The summed E-state index contributed by atoms with van der Waals surface area (Å²) in [6.07, 6.45) is 2.57. The first-order valence-electron chi connectivity index (χ1n) is 2.71. The van der Waals surface area contributed by atoms with Gasteiger partial charge in [0.2, 0.25) is 0 Å². The molecule has 0 bridgehead atoms. The van der Waals surface area contributed by atoms with Gasteiger partial charge < -0.3 is 9.84 Å². The molecule has 0 unspecified atom stereocenters. The summed E-state index contributed by atoms with van der Waals surface area (Å²) in [7, 11) is 0. The molecule has 2 aliphatic rings. The molecule has 1 N–H and O–H groups in total. The van der Waals surface area contributed by atoms with E-state index in [2.05, 4.69) is 0 Å². The minimum Gasteiger partial charge on any atom is -0.390 e. The van der Waals surface area contributed by atoms with Crippen molar-refractivity contribution in [3.63, 3.8) is 0 Å². The number of hydrogen-bond acceptors (Lipinski definition) is 2. The van der Waals surface area contributed by atoms with Crippen LogP contribution in [0.2, 0.25) is 0 Å². The van der Waals surface area contributed by atoms with Gasteiger partial charge in [-0.2, -0.15) is 0 Å². The van der Waals surface area contributed by atoms with Gasteiger partial charge in [0.1, 0.15) is 6.10 Å². The zero-order valence-corrected chi connectivity index (χ0v) is 4.00. The minimum atomic E-state index is -0.134. The second kappa shape index (κ2) is 1.01. The highest BCUT2D eigenvalue weighted by molar-refractivity contribution is 4.97. The molecule has 0 amide bonds. The van der Waals surface area contributed by atoms with E-state index in [0.717, 1.165) is 12.8 Å². The van der Waals surface area contributed by atoms with Crippen molar-refractivity contribution in [2.75, 3.05) is 0 Å². The monoisotopic (exact) mass is 100 g/mol. The van der Waals surface area contributed by atoms with E-state index in [-0.39, 0.29) is 12.2 Å². The van der Waals surface area contributed by atoms with Crippen molar-refractivity contribution in [3.8, 4) is 0 Å². The van der Waals surface area contributed by atoms with E-state index >= 15 is 0 Å². The highest BCUT2D eigenvalue weighted by atomic mass is 16.6. The smallest absolute Gasteiger partial charge is 0.110 e. The Morgan fingerprint density at radius 1 is 1.43 bits per heavy atom. The van der Waals surface area contributed by atoms with Gasteiger partial charge in [0.15, 0.2) is 0 Å². The van der Waals surface area contributed by atoms with Gasteiger partial charge in [-0.05, 0) is 12.8 Å². The molecule has 1 saturated heterocycles. The molecule has 7 heavy (non-hydrogen) atoms. The van der Waals surface area contributed by atoms with E-state index in [4.69, 9.17) is 9.84 Å². The van der Waals surface area contributed by atoms with Crippen LogP contribution in [0.4, 0.5) is 0 Å². The van der Waals surface area contributed by atoms with Crippen LogP contribution in [0.5, 0.6) is 0 Å². The van der Waals surface area contributed by atoms with Crippen molar-refractivity contribution in [3.05, 3.63) is 0 Å². The fraction of sp³-hybridized carbons (Fsp3) is 1.00. The maximum absolute atomic E-state index is 8.91. The number of aliphatic hydroxyl groups excluding tert-OH is 1. The van der Waals surface area contributed by atoms with Gasteiger partial charge in [-0.15, -0.1) is 0 Å². The molecule has 40 valence electrons. The Morgan fingerprint density at radius 3 is 2.43 bits per heavy atom. The van der Waals surface area contributed by atoms with Gasteiger partial charge >= 0.3 is 0 Å². The molecule has 0 aromatic rings. The highest BCUT2D eigenvalue weighted by Gasteiger charge is 2.49. The largest absolute Gasteiger partial charge is 0.390 e. The van der Waals surface area contributed by atoms with Crippen LogP contribution in [0.3, 0.4) is 0 Å². The summed E-state index contributed by atoms with van der Waals surface area (Å²) in [5.74, 6) is 0. The average molecular weight is 100 g/mol. The molecule has 1 aliphatic heterocycles. The van der Waals surface area contributed by atoms with Crippen molar-refractivity contribution < 1.29 is 9.84 Å². The molecular weight excluding hydrogens is 92.1 g/mol. The lowest BCUT2D eigenvalue weighted by Crippen LogP contribution is -2.08. The Balaban J connectivity index is 2.08. The first-order chi connectivity index (χ1) is 3.38. The average Bonchev–Trinajstić information content (AvgIpc) is 2.33. The summed E-state index contributed by atoms with van der Waals surface area (Å²) < 4.78 is 5.02. The third kappa shape index (κ3) is 0.409. The first-order valence-corrected chi connectivity index (χ1v) is 2.71. The van der Waals surface area contributed by atoms with Crippen molar-refractivity contribution in [2.45, 2.75) is 31.2 Å². The van der Waals surface area contributed by atoms with Crippen LogP contribution in [-0.2, 0) is 4.74 Å². The van der Waals surface area contributed by atoms with Crippen LogP contribution < -0.4 is 0 Å². The molecule has 2 heteroatoms. The SMILES string of the molecule is O[C@@H]1CC[C@H]2O[C@H]12. The van der Waals surface area contributed by atoms with E-state index in [1.54, 1.807) is 0 Å². The maximum Gasteiger partial charge on any atom is 0.110 e. The zero-order chi connectivity index (χ0) is 4.85. The molecular formula is C5H8O2. The van der Waals surface area contributed by atoms with Gasteiger partial charge in [0.05, 0.1) is 12.2 Å². The number of aliphatic hydroxyl groups is 1. The molecule has 0 spiro atoms. The standard InChI is InChI=1S/C5H8O2/c6-3-1-2-4-5(3)7-4/h3-6H,1-2H2/t3-,4-,5-/m1/s1. The number of ether oxygens (including phenoxy) is 1. The Kier molecular flexibility index (Phi) is 0.557. The van der Waals surface area contributed by atoms with Crippen LogP contribution >= 0.6 is 0 Å². The Bertz CT molecular complexity index is 92.1. The molecule has 0 aromatic carbocycles. The molecule has 3 atom stereocenters. The Labute approximate surface area is 42.1 Å². The van der Waals surface area contributed by atoms with E-state index in [9.17, 15) is 0 Å². The van der Waals surface area contributed by atoms with Crippen LogP contribution in [0.25, 0.3) is 0 Å². The van der Waals surface area contributed by atoms with E-state index in [1.807, 2.05) is 0 Å². The highest BCUT2D eigenvalue weighted by Crippen LogP contribution is 2.38. The van der Waals surface area contributed by atoms with Gasteiger partial charge in [0.25, 0.3) is 0 Å². The number of rotatable bonds is 0. The molecule has 2 rings (SSSR count). The predicted molar refractivity (Wildman–Crippen MR) is 23.9 cm³/mol. The zero-order valence-electron chi connectivity index (χ0n) is 4.00. The van der Waals surface area contributed by atoms with Crippen LogP contribution in [0.1, 0.15) is 12.8 Å². The summed E-state index contributed by atoms with van der Waals surface area (Å²) in [4.78, 5) is 0. The lowest BCUT2D eigenvalue weighted by atomic mass is 10.3.